The van der Waals surface area contributed by atoms with Crippen molar-refractivity contribution in [2.75, 3.05) is 19.5 Å². The largest absolute Gasteiger partial charge is 0.497 e. The van der Waals surface area contributed by atoms with Crippen LogP contribution in [0.4, 0.5) is 18.9 Å². The van der Waals surface area contributed by atoms with E-state index >= 15 is 0 Å². The van der Waals surface area contributed by atoms with Crippen LogP contribution < -0.4 is 14.8 Å². The van der Waals surface area contributed by atoms with E-state index in [1.54, 1.807) is 48.1 Å². The Morgan fingerprint density at radius 2 is 1.67 bits per heavy atom. The zero-order chi connectivity index (χ0) is 23.6. The predicted octanol–water partition coefficient (Wildman–Crippen LogP) is 5.24. The van der Waals surface area contributed by atoms with Gasteiger partial charge in [0.15, 0.2) is 0 Å². The normalized spacial score (nSPS) is 11.4. The average Bonchev–Trinajstić information content (AvgIpc) is 3.22. The molecule has 0 fully saturated rings. The molecule has 9 heteroatoms. The van der Waals surface area contributed by atoms with Crippen LogP contribution >= 0.6 is 0 Å². The van der Waals surface area contributed by atoms with Crippen LogP contribution in [0.5, 0.6) is 11.5 Å². The molecule has 0 bridgehead atoms. The average molecular weight is 455 g/mol. The van der Waals surface area contributed by atoms with E-state index in [1.165, 1.54) is 25.6 Å². The second kappa shape index (κ2) is 8.85. The van der Waals surface area contributed by atoms with Gasteiger partial charge in [-0.15, -0.1) is 0 Å². The molecular formula is C24H20F3N3O3. The summed E-state index contributed by atoms with van der Waals surface area (Å²) < 4.78 is 52.2. The lowest BCUT2D eigenvalue weighted by Gasteiger charge is -2.13. The van der Waals surface area contributed by atoms with Crippen LogP contribution in [0.3, 0.4) is 0 Å². The summed E-state index contributed by atoms with van der Waals surface area (Å²) in [7, 11) is 2.76. The number of fused-ring (bicyclic) bond motifs is 1. The molecule has 33 heavy (non-hydrogen) atoms. The molecule has 1 aromatic heterocycles. The summed E-state index contributed by atoms with van der Waals surface area (Å²) in [6.45, 7) is 0. The molecule has 1 heterocycles. The molecule has 0 saturated heterocycles. The first-order valence-corrected chi connectivity index (χ1v) is 9.94. The summed E-state index contributed by atoms with van der Waals surface area (Å²) in [4.78, 5) is 16.3. The first kappa shape index (κ1) is 22.2. The molecule has 170 valence electrons. The van der Waals surface area contributed by atoms with E-state index in [0.29, 0.717) is 22.6 Å². The van der Waals surface area contributed by atoms with Crippen molar-refractivity contribution in [1.82, 2.24) is 9.55 Å². The number of alkyl halides is 3. The Kier molecular flexibility index (Phi) is 5.95. The zero-order valence-corrected chi connectivity index (χ0v) is 17.8. The van der Waals surface area contributed by atoms with Crippen molar-refractivity contribution in [2.24, 2.45) is 0 Å². The summed E-state index contributed by atoms with van der Waals surface area (Å²) >= 11 is 0. The van der Waals surface area contributed by atoms with Crippen LogP contribution in [-0.4, -0.2) is 29.7 Å². The maximum atomic E-state index is 13.6. The third-order valence-corrected chi connectivity index (χ3v) is 5.14. The number of ether oxygens (including phenoxy) is 2. The van der Waals surface area contributed by atoms with Crippen LogP contribution in [0, 0.1) is 0 Å². The van der Waals surface area contributed by atoms with Crippen molar-refractivity contribution in [1.29, 1.82) is 0 Å². The van der Waals surface area contributed by atoms with E-state index in [2.05, 4.69) is 10.3 Å². The van der Waals surface area contributed by atoms with Gasteiger partial charge >= 0.3 is 6.18 Å². The van der Waals surface area contributed by atoms with Gasteiger partial charge in [0.1, 0.15) is 28.9 Å². The summed E-state index contributed by atoms with van der Waals surface area (Å²) in [6, 6.07) is 16.8. The summed E-state index contributed by atoms with van der Waals surface area (Å²) in [6.07, 6.45) is -3.08. The van der Waals surface area contributed by atoms with Gasteiger partial charge in [0, 0.05) is 11.4 Å². The quantitative estimate of drug-likeness (QED) is 0.432. The Hall–Kier alpha value is -4.01. The standard InChI is InChI=1S/C24H20F3N3O3/c1-32-18-9-3-15(4-10-18)13-21(31)29-16-5-7-17(8-6-16)30-14-28-23-19(30)11-12-20(33-2)22(23)24(25,26)27/h3-12,14H,13H2,1-2H3,(H,29,31). The number of aromatic nitrogens is 2. The second-order valence-electron chi connectivity index (χ2n) is 7.24. The Morgan fingerprint density at radius 3 is 2.27 bits per heavy atom. The van der Waals surface area contributed by atoms with Crippen molar-refractivity contribution < 1.29 is 27.4 Å². The maximum Gasteiger partial charge on any atom is 0.422 e. The number of imidazole rings is 1. The molecule has 0 aliphatic carbocycles. The molecule has 0 radical (unpaired) electrons. The molecular weight excluding hydrogens is 435 g/mol. The number of anilines is 1. The molecule has 0 atom stereocenters. The van der Waals surface area contributed by atoms with Gasteiger partial charge in [-0.25, -0.2) is 4.98 Å². The van der Waals surface area contributed by atoms with E-state index in [-0.39, 0.29) is 23.6 Å². The van der Waals surface area contributed by atoms with Gasteiger partial charge in [0.2, 0.25) is 5.91 Å². The molecule has 3 aromatic carbocycles. The fourth-order valence-electron chi connectivity index (χ4n) is 3.55. The number of benzene rings is 3. The lowest BCUT2D eigenvalue weighted by molar-refractivity contribution is -0.137. The number of carbonyl (C=O) groups excluding carboxylic acids is 1. The molecule has 0 aliphatic heterocycles. The number of carbonyl (C=O) groups is 1. The number of amides is 1. The molecule has 6 nitrogen and oxygen atoms in total. The summed E-state index contributed by atoms with van der Waals surface area (Å²) in [5.74, 6) is 0.237. The minimum absolute atomic E-state index is 0.192. The number of methoxy groups -OCH3 is 2. The number of hydrogen-bond acceptors (Lipinski definition) is 4. The molecule has 0 aliphatic rings. The van der Waals surface area contributed by atoms with Crippen molar-refractivity contribution in [3.8, 4) is 17.2 Å². The number of nitrogens with zero attached hydrogens (tertiary/aromatic N) is 2. The maximum absolute atomic E-state index is 13.6. The third-order valence-electron chi connectivity index (χ3n) is 5.14. The van der Waals surface area contributed by atoms with Crippen LogP contribution in [0.25, 0.3) is 16.7 Å². The van der Waals surface area contributed by atoms with Gasteiger partial charge in [-0.05, 0) is 54.1 Å². The predicted molar refractivity (Wildman–Crippen MR) is 118 cm³/mol. The van der Waals surface area contributed by atoms with Crippen LogP contribution in [-0.2, 0) is 17.4 Å². The van der Waals surface area contributed by atoms with Crippen LogP contribution in [0.2, 0.25) is 0 Å². The van der Waals surface area contributed by atoms with Crippen LogP contribution in [0.1, 0.15) is 11.1 Å². The van der Waals surface area contributed by atoms with Gasteiger partial charge in [-0.1, -0.05) is 12.1 Å². The van der Waals surface area contributed by atoms with Crippen molar-refractivity contribution in [2.45, 2.75) is 12.6 Å². The van der Waals surface area contributed by atoms with Crippen molar-refractivity contribution in [3.63, 3.8) is 0 Å². The minimum atomic E-state index is -4.61. The lowest BCUT2D eigenvalue weighted by atomic mass is 10.1. The molecule has 1 amide bonds. The molecule has 1 N–H and O–H groups in total. The Balaban J connectivity index is 1.54. The Labute approximate surface area is 187 Å². The first-order valence-electron chi connectivity index (χ1n) is 9.94. The monoisotopic (exact) mass is 455 g/mol. The van der Waals surface area contributed by atoms with E-state index < -0.39 is 11.7 Å². The summed E-state index contributed by atoms with van der Waals surface area (Å²) in [5, 5.41) is 2.81. The topological polar surface area (TPSA) is 65.4 Å². The molecule has 4 rings (SSSR count). The first-order chi connectivity index (χ1) is 15.8. The molecule has 0 spiro atoms. The second-order valence-corrected chi connectivity index (χ2v) is 7.24. The van der Waals surface area contributed by atoms with Gasteiger partial charge in [-0.2, -0.15) is 13.2 Å². The molecule has 4 aromatic rings. The van der Waals surface area contributed by atoms with E-state index in [9.17, 15) is 18.0 Å². The van der Waals surface area contributed by atoms with Gasteiger partial charge < -0.3 is 14.8 Å². The highest BCUT2D eigenvalue weighted by atomic mass is 19.4. The zero-order valence-electron chi connectivity index (χ0n) is 17.8. The number of halogens is 3. The van der Waals surface area contributed by atoms with Gasteiger partial charge in [-0.3, -0.25) is 9.36 Å². The highest BCUT2D eigenvalue weighted by Crippen LogP contribution is 2.41. The van der Waals surface area contributed by atoms with Crippen molar-refractivity contribution in [3.05, 3.63) is 78.1 Å². The lowest BCUT2D eigenvalue weighted by Crippen LogP contribution is -2.14. The summed E-state index contributed by atoms with van der Waals surface area (Å²) in [5.41, 5.74) is 1.19. The highest BCUT2D eigenvalue weighted by Gasteiger charge is 2.37. The third kappa shape index (κ3) is 4.62. The van der Waals surface area contributed by atoms with E-state index in [0.717, 1.165) is 5.56 Å². The minimum Gasteiger partial charge on any atom is -0.497 e. The fraction of sp³-hybridized carbons (Fsp3) is 0.167. The SMILES string of the molecule is COc1ccc(CC(=O)Nc2ccc(-n3cnc4c(C(F)(F)F)c(OC)ccc43)cc2)cc1. The smallest absolute Gasteiger partial charge is 0.422 e. The fourth-order valence-corrected chi connectivity index (χ4v) is 3.55. The Bertz CT molecular complexity index is 1280. The molecule has 0 unspecified atom stereocenters. The highest BCUT2D eigenvalue weighted by molar-refractivity contribution is 5.92. The van der Waals surface area contributed by atoms with Crippen LogP contribution in [0.15, 0.2) is 67.0 Å². The van der Waals surface area contributed by atoms with Gasteiger partial charge in [0.25, 0.3) is 0 Å². The molecule has 0 saturated carbocycles. The number of hydrogen-bond donors (Lipinski definition) is 1. The van der Waals surface area contributed by atoms with Crippen molar-refractivity contribution >= 4 is 22.6 Å². The van der Waals surface area contributed by atoms with E-state index in [4.69, 9.17) is 9.47 Å². The number of rotatable bonds is 6. The van der Waals surface area contributed by atoms with Gasteiger partial charge in [0.05, 0.1) is 26.2 Å². The van der Waals surface area contributed by atoms with E-state index in [1.807, 2.05) is 12.1 Å². The Morgan fingerprint density at radius 1 is 0.970 bits per heavy atom. The number of nitrogens with one attached hydrogen (secondary N) is 1.